The van der Waals surface area contributed by atoms with Gasteiger partial charge in [-0.3, -0.25) is 9.59 Å². The number of ether oxygens (including phenoxy) is 4. The fraction of sp³-hybridized carbons (Fsp3) is 0.235. The molecule has 0 atom stereocenters. The van der Waals surface area contributed by atoms with E-state index in [4.69, 9.17) is 18.9 Å². The van der Waals surface area contributed by atoms with Crippen LogP contribution in [-0.2, 0) is 41.5 Å². The topological polar surface area (TPSA) is 129 Å². The van der Waals surface area contributed by atoms with Crippen LogP contribution in [-0.4, -0.2) is 64.3 Å². The summed E-state index contributed by atoms with van der Waals surface area (Å²) in [5.41, 5.74) is 2.08. The summed E-state index contributed by atoms with van der Waals surface area (Å²) in [6, 6.07) is 23.5. The zero-order valence-corrected chi connectivity index (χ0v) is 24.6. The summed E-state index contributed by atoms with van der Waals surface area (Å²) in [6.45, 7) is -0.331. The lowest BCUT2D eigenvalue weighted by molar-refractivity contribution is -0.145. The largest absolute Gasteiger partial charge is 0.497 e. The zero-order chi connectivity index (χ0) is 31.3. The Morgan fingerprint density at radius 1 is 0.614 bits per heavy atom. The summed E-state index contributed by atoms with van der Waals surface area (Å²) >= 11 is 0. The van der Waals surface area contributed by atoms with Gasteiger partial charge in [-0.2, -0.15) is 0 Å². The first-order chi connectivity index (χ1) is 21.4. The number of amides is 2. The Morgan fingerprint density at radius 2 is 1.05 bits per heavy atom. The van der Waals surface area contributed by atoms with E-state index in [2.05, 4.69) is 10.6 Å². The Labute approximate surface area is 254 Å². The highest BCUT2D eigenvalue weighted by Crippen LogP contribution is 2.25. The Bertz CT molecular complexity index is 1560. The maximum Gasteiger partial charge on any atom is 0.331 e. The molecule has 0 aliphatic carbocycles. The number of benzene rings is 4. The second-order valence-electron chi connectivity index (χ2n) is 9.76. The maximum absolute atomic E-state index is 12.1. The zero-order valence-electron chi connectivity index (χ0n) is 24.6. The molecule has 0 bridgehead atoms. The monoisotopic (exact) mass is 598 g/mol. The van der Waals surface area contributed by atoms with Gasteiger partial charge in [-0.15, -0.1) is 0 Å². The molecular formula is C34H34N2O8. The average molecular weight is 599 g/mol. The van der Waals surface area contributed by atoms with Gasteiger partial charge in [0.2, 0.25) is 0 Å². The molecule has 4 aromatic rings. The van der Waals surface area contributed by atoms with Crippen molar-refractivity contribution in [3.63, 3.8) is 0 Å². The molecule has 0 aliphatic heterocycles. The lowest BCUT2D eigenvalue weighted by atomic mass is 10.0. The van der Waals surface area contributed by atoms with Gasteiger partial charge in [-0.05, 0) is 69.8 Å². The van der Waals surface area contributed by atoms with Gasteiger partial charge >= 0.3 is 11.9 Å². The summed E-state index contributed by atoms with van der Waals surface area (Å²) in [5.74, 6) is -1.26. The quantitative estimate of drug-likeness (QED) is 0.166. The second kappa shape index (κ2) is 15.7. The van der Waals surface area contributed by atoms with Crippen LogP contribution >= 0.6 is 0 Å². The third-order valence-electron chi connectivity index (χ3n) is 6.84. The van der Waals surface area contributed by atoms with Crippen molar-refractivity contribution >= 4 is 45.3 Å². The van der Waals surface area contributed by atoms with Gasteiger partial charge in [-0.25, -0.2) is 9.59 Å². The normalized spacial score (nSPS) is 10.9. The minimum Gasteiger partial charge on any atom is -0.497 e. The molecule has 0 aliphatic rings. The summed E-state index contributed by atoms with van der Waals surface area (Å²) < 4.78 is 20.4. The number of fused-ring (bicyclic) bond motifs is 2. The molecular weight excluding hydrogens is 564 g/mol. The van der Waals surface area contributed by atoms with Crippen LogP contribution in [0.4, 0.5) is 0 Å². The number of rotatable bonds is 14. The van der Waals surface area contributed by atoms with Crippen LogP contribution in [0.5, 0.6) is 11.5 Å². The molecule has 2 amide bonds. The van der Waals surface area contributed by atoms with Gasteiger partial charge in [-0.1, -0.05) is 48.5 Å². The van der Waals surface area contributed by atoms with Crippen LogP contribution in [0.15, 0.2) is 84.9 Å². The van der Waals surface area contributed by atoms with Crippen molar-refractivity contribution in [2.24, 2.45) is 0 Å². The molecule has 10 nitrogen and oxygen atoms in total. The first-order valence-electron chi connectivity index (χ1n) is 14.0. The molecule has 0 unspecified atom stereocenters. The van der Waals surface area contributed by atoms with Gasteiger partial charge in [0.05, 0.1) is 14.2 Å². The summed E-state index contributed by atoms with van der Waals surface area (Å²) in [6.07, 6.45) is 2.82. The number of carbonyl (C=O) groups excluding carboxylic acids is 4. The molecule has 0 saturated carbocycles. The number of methoxy groups -OCH3 is 2. The third kappa shape index (κ3) is 9.06. The van der Waals surface area contributed by atoms with Crippen molar-refractivity contribution in [1.29, 1.82) is 0 Å². The van der Waals surface area contributed by atoms with Gasteiger partial charge in [0.1, 0.15) is 11.5 Å². The molecule has 10 heteroatoms. The molecule has 0 aromatic heterocycles. The molecule has 4 aromatic carbocycles. The minimum atomic E-state index is -0.894. The SMILES string of the molecule is COc1ccc2cccc(CCNC(=O)COC(=O)C=CC(=O)OCC(=O)NCCc3cccc4ccc(OC)cc34)c2c1. The Kier molecular flexibility index (Phi) is 11.3. The van der Waals surface area contributed by atoms with Crippen molar-refractivity contribution in [2.45, 2.75) is 12.8 Å². The summed E-state index contributed by atoms with van der Waals surface area (Å²) in [4.78, 5) is 48.0. The number of carbonyl (C=O) groups is 4. The van der Waals surface area contributed by atoms with Crippen LogP contribution in [0, 0.1) is 0 Å². The van der Waals surface area contributed by atoms with Crippen LogP contribution in [0.25, 0.3) is 21.5 Å². The van der Waals surface area contributed by atoms with E-state index >= 15 is 0 Å². The van der Waals surface area contributed by atoms with Gasteiger partial charge in [0.25, 0.3) is 11.8 Å². The molecule has 44 heavy (non-hydrogen) atoms. The average Bonchev–Trinajstić information content (AvgIpc) is 3.05. The molecule has 0 fully saturated rings. The van der Waals surface area contributed by atoms with Gasteiger partial charge in [0, 0.05) is 25.2 Å². The fourth-order valence-corrected chi connectivity index (χ4v) is 4.60. The number of hydrogen-bond acceptors (Lipinski definition) is 8. The lowest BCUT2D eigenvalue weighted by Crippen LogP contribution is -2.30. The van der Waals surface area contributed by atoms with Crippen molar-refractivity contribution in [3.8, 4) is 11.5 Å². The molecule has 0 spiro atoms. The van der Waals surface area contributed by atoms with E-state index in [1.54, 1.807) is 14.2 Å². The fourth-order valence-electron chi connectivity index (χ4n) is 4.60. The maximum atomic E-state index is 12.1. The van der Waals surface area contributed by atoms with Gasteiger partial charge < -0.3 is 29.6 Å². The van der Waals surface area contributed by atoms with Crippen molar-refractivity contribution in [3.05, 3.63) is 96.1 Å². The predicted molar refractivity (Wildman–Crippen MR) is 165 cm³/mol. The first-order valence-corrected chi connectivity index (χ1v) is 14.0. The molecule has 0 radical (unpaired) electrons. The lowest BCUT2D eigenvalue weighted by Gasteiger charge is -2.10. The summed E-state index contributed by atoms with van der Waals surface area (Å²) in [7, 11) is 3.22. The Morgan fingerprint density at radius 3 is 1.45 bits per heavy atom. The van der Waals surface area contributed by atoms with E-state index in [9.17, 15) is 19.2 Å². The molecule has 0 saturated heterocycles. The highest BCUT2D eigenvalue weighted by molar-refractivity contribution is 5.93. The molecule has 4 rings (SSSR count). The molecule has 0 heterocycles. The number of hydrogen-bond donors (Lipinski definition) is 2. The van der Waals surface area contributed by atoms with E-state index in [0.717, 1.165) is 56.3 Å². The number of nitrogens with one attached hydrogen (secondary N) is 2. The van der Waals surface area contributed by atoms with Crippen molar-refractivity contribution < 1.29 is 38.1 Å². The first kappa shape index (κ1) is 31.6. The van der Waals surface area contributed by atoms with E-state index in [-0.39, 0.29) is 0 Å². The smallest absolute Gasteiger partial charge is 0.331 e. The molecule has 2 N–H and O–H groups in total. The van der Waals surface area contributed by atoms with E-state index < -0.39 is 37.0 Å². The highest BCUT2D eigenvalue weighted by atomic mass is 16.5. The van der Waals surface area contributed by atoms with Crippen molar-refractivity contribution in [2.75, 3.05) is 40.5 Å². The molecule has 228 valence electrons. The summed E-state index contributed by atoms with van der Waals surface area (Å²) in [5, 5.41) is 9.60. The van der Waals surface area contributed by atoms with Crippen LogP contribution in [0.2, 0.25) is 0 Å². The Hall–Kier alpha value is -5.38. The third-order valence-corrected chi connectivity index (χ3v) is 6.84. The number of esters is 2. The minimum absolute atomic E-state index is 0.341. The van der Waals surface area contributed by atoms with Gasteiger partial charge in [0.15, 0.2) is 13.2 Å². The van der Waals surface area contributed by atoms with Crippen molar-refractivity contribution in [1.82, 2.24) is 10.6 Å². The highest BCUT2D eigenvalue weighted by Gasteiger charge is 2.10. The van der Waals surface area contributed by atoms with Crippen LogP contribution < -0.4 is 20.1 Å². The van der Waals surface area contributed by atoms with Crippen LogP contribution in [0.3, 0.4) is 0 Å². The second-order valence-corrected chi connectivity index (χ2v) is 9.76. The Balaban J connectivity index is 1.11. The van der Waals surface area contributed by atoms with Crippen LogP contribution in [0.1, 0.15) is 11.1 Å². The van der Waals surface area contributed by atoms with E-state index in [1.807, 2.05) is 72.8 Å². The standard InChI is InChI=1S/C34H34N2O8/c1-41-27-11-9-23-5-3-7-25(29(23)19-27)15-17-35-31(37)21-43-33(39)13-14-34(40)44-22-32(38)36-18-16-26-8-4-6-24-10-12-28(42-2)20-30(24)26/h3-14,19-20H,15-18,21-22H2,1-2H3,(H,35,37)(H,36,38). The van der Waals surface area contributed by atoms with E-state index in [0.29, 0.717) is 25.9 Å². The predicted octanol–water partition coefficient (Wildman–Crippen LogP) is 3.67. The van der Waals surface area contributed by atoms with E-state index in [1.165, 1.54) is 0 Å².